The number of halogens is 3. The Morgan fingerprint density at radius 1 is 1.24 bits per heavy atom. The predicted octanol–water partition coefficient (Wildman–Crippen LogP) is 2.76. The molecule has 0 aliphatic heterocycles. The van der Waals surface area contributed by atoms with E-state index in [0.717, 1.165) is 10.6 Å². The summed E-state index contributed by atoms with van der Waals surface area (Å²) in [7, 11) is -2.31. The van der Waals surface area contributed by atoms with Crippen LogP contribution in [0.2, 0.25) is 0 Å². The van der Waals surface area contributed by atoms with Crippen LogP contribution in [0.4, 0.5) is 14.5 Å². The third-order valence-electron chi connectivity index (χ3n) is 4.08. The summed E-state index contributed by atoms with van der Waals surface area (Å²) in [6.07, 6.45) is 1.05. The van der Waals surface area contributed by atoms with Crippen molar-refractivity contribution in [2.75, 3.05) is 4.72 Å². The molecule has 2 aromatic rings. The van der Waals surface area contributed by atoms with Gasteiger partial charge in [0, 0.05) is 28.8 Å². The van der Waals surface area contributed by atoms with Gasteiger partial charge in [0.1, 0.15) is 5.82 Å². The first-order chi connectivity index (χ1) is 11.7. The SMILES string of the molecule is Cn1c(Cc2ccc(I)cc2F)c(NS(=O)(=O)C2CC2)cc(F)c1=O. The predicted molar refractivity (Wildman–Crippen MR) is 99.1 cm³/mol. The van der Waals surface area contributed by atoms with Gasteiger partial charge in [-0.1, -0.05) is 6.07 Å². The van der Waals surface area contributed by atoms with E-state index in [-0.39, 0.29) is 23.4 Å². The van der Waals surface area contributed by atoms with Gasteiger partial charge in [-0.15, -0.1) is 0 Å². The molecule has 134 valence electrons. The number of rotatable bonds is 5. The van der Waals surface area contributed by atoms with Gasteiger partial charge in [0.15, 0.2) is 5.82 Å². The molecule has 1 aliphatic carbocycles. The number of anilines is 1. The number of sulfonamides is 1. The van der Waals surface area contributed by atoms with Crippen molar-refractivity contribution in [2.24, 2.45) is 7.05 Å². The number of nitrogens with zero attached hydrogens (tertiary/aromatic N) is 1. The van der Waals surface area contributed by atoms with Gasteiger partial charge < -0.3 is 4.57 Å². The zero-order valence-electron chi connectivity index (χ0n) is 13.2. The first kappa shape index (κ1) is 18.3. The number of pyridine rings is 1. The van der Waals surface area contributed by atoms with Gasteiger partial charge in [-0.3, -0.25) is 9.52 Å². The van der Waals surface area contributed by atoms with Crippen LogP contribution in [-0.4, -0.2) is 18.2 Å². The summed E-state index contributed by atoms with van der Waals surface area (Å²) in [6, 6.07) is 5.46. The molecule has 0 spiro atoms. The van der Waals surface area contributed by atoms with Crippen molar-refractivity contribution in [2.45, 2.75) is 24.5 Å². The smallest absolute Gasteiger partial charge is 0.286 e. The van der Waals surface area contributed by atoms with Crippen molar-refractivity contribution >= 4 is 38.3 Å². The van der Waals surface area contributed by atoms with Crippen LogP contribution < -0.4 is 10.3 Å². The van der Waals surface area contributed by atoms with Crippen LogP contribution in [0.25, 0.3) is 0 Å². The van der Waals surface area contributed by atoms with Crippen molar-refractivity contribution in [1.82, 2.24) is 4.57 Å². The zero-order chi connectivity index (χ0) is 18.4. The monoisotopic (exact) mass is 480 g/mol. The van der Waals surface area contributed by atoms with E-state index < -0.39 is 32.5 Å². The average molecular weight is 480 g/mol. The van der Waals surface area contributed by atoms with Crippen LogP contribution >= 0.6 is 22.6 Å². The normalized spacial score (nSPS) is 14.6. The first-order valence-corrected chi connectivity index (χ1v) is 10.2. The van der Waals surface area contributed by atoms with Gasteiger partial charge in [-0.2, -0.15) is 0 Å². The molecule has 0 atom stereocenters. The molecule has 1 aromatic carbocycles. The Kier molecular flexibility index (Phi) is 4.89. The molecule has 0 radical (unpaired) electrons. The molecule has 1 saturated carbocycles. The highest BCUT2D eigenvalue weighted by atomic mass is 127. The molecule has 25 heavy (non-hydrogen) atoms. The molecular formula is C16H15F2IN2O3S. The van der Waals surface area contributed by atoms with Crippen LogP contribution in [0.3, 0.4) is 0 Å². The van der Waals surface area contributed by atoms with E-state index in [1.807, 2.05) is 22.6 Å². The van der Waals surface area contributed by atoms with E-state index in [4.69, 9.17) is 0 Å². The molecule has 0 amide bonds. The minimum Gasteiger partial charge on any atom is -0.311 e. The van der Waals surface area contributed by atoms with Crippen LogP contribution in [0, 0.1) is 15.2 Å². The Morgan fingerprint density at radius 2 is 1.92 bits per heavy atom. The van der Waals surface area contributed by atoms with E-state index in [0.29, 0.717) is 16.4 Å². The summed E-state index contributed by atoms with van der Waals surface area (Å²) >= 11 is 1.97. The summed E-state index contributed by atoms with van der Waals surface area (Å²) in [6.45, 7) is 0. The van der Waals surface area contributed by atoms with Crippen molar-refractivity contribution in [3.05, 3.63) is 61.1 Å². The van der Waals surface area contributed by atoms with Gasteiger partial charge in [0.2, 0.25) is 10.0 Å². The van der Waals surface area contributed by atoms with Crippen molar-refractivity contribution in [1.29, 1.82) is 0 Å². The highest BCUT2D eigenvalue weighted by Crippen LogP contribution is 2.31. The lowest BCUT2D eigenvalue weighted by molar-refractivity contribution is 0.581. The Balaban J connectivity index is 2.07. The number of benzene rings is 1. The van der Waals surface area contributed by atoms with Gasteiger partial charge in [0.05, 0.1) is 10.9 Å². The van der Waals surface area contributed by atoms with E-state index in [9.17, 15) is 22.0 Å². The fourth-order valence-electron chi connectivity index (χ4n) is 2.50. The van der Waals surface area contributed by atoms with Gasteiger partial charge in [0.25, 0.3) is 5.56 Å². The summed E-state index contributed by atoms with van der Waals surface area (Å²) in [4.78, 5) is 11.9. The molecule has 1 aliphatic rings. The third kappa shape index (κ3) is 3.86. The van der Waals surface area contributed by atoms with Crippen LogP contribution in [0.5, 0.6) is 0 Å². The summed E-state index contributed by atoms with van der Waals surface area (Å²) < 4.78 is 56.4. The Hall–Kier alpha value is -1.49. The second-order valence-electron chi connectivity index (χ2n) is 5.98. The summed E-state index contributed by atoms with van der Waals surface area (Å²) in [5, 5.41) is -0.504. The number of aromatic nitrogens is 1. The molecule has 1 N–H and O–H groups in total. The van der Waals surface area contributed by atoms with E-state index in [2.05, 4.69) is 4.72 Å². The molecule has 1 heterocycles. The Bertz CT molecular complexity index is 1000. The average Bonchev–Trinajstić information content (AvgIpc) is 3.36. The molecule has 1 fully saturated rings. The molecule has 0 unspecified atom stereocenters. The lowest BCUT2D eigenvalue weighted by atomic mass is 10.1. The fourth-order valence-corrected chi connectivity index (χ4v) is 4.36. The zero-order valence-corrected chi connectivity index (χ0v) is 16.2. The third-order valence-corrected chi connectivity index (χ3v) is 6.61. The molecule has 3 rings (SSSR count). The highest BCUT2D eigenvalue weighted by molar-refractivity contribution is 14.1. The minimum atomic E-state index is -3.65. The van der Waals surface area contributed by atoms with Gasteiger partial charge in [-0.05, 0) is 53.1 Å². The topological polar surface area (TPSA) is 68.2 Å². The highest BCUT2D eigenvalue weighted by Gasteiger charge is 2.36. The van der Waals surface area contributed by atoms with Gasteiger partial charge in [-0.25, -0.2) is 17.2 Å². The summed E-state index contributed by atoms with van der Waals surface area (Å²) in [5.74, 6) is -1.54. The molecule has 0 bridgehead atoms. The molecule has 1 aromatic heterocycles. The largest absolute Gasteiger partial charge is 0.311 e. The number of hydrogen-bond acceptors (Lipinski definition) is 3. The van der Waals surface area contributed by atoms with Crippen molar-refractivity contribution in [3.63, 3.8) is 0 Å². The lowest BCUT2D eigenvalue weighted by Gasteiger charge is -2.16. The second kappa shape index (κ2) is 6.67. The Labute approximate surface area is 157 Å². The molecule has 9 heteroatoms. The van der Waals surface area contributed by atoms with E-state index in [1.54, 1.807) is 12.1 Å². The lowest BCUT2D eigenvalue weighted by Crippen LogP contribution is -2.27. The number of hydrogen-bond donors (Lipinski definition) is 1. The maximum Gasteiger partial charge on any atom is 0.286 e. The van der Waals surface area contributed by atoms with E-state index in [1.165, 1.54) is 13.1 Å². The second-order valence-corrected chi connectivity index (χ2v) is 9.18. The van der Waals surface area contributed by atoms with Crippen molar-refractivity contribution in [3.8, 4) is 0 Å². The maximum atomic E-state index is 14.2. The first-order valence-electron chi connectivity index (χ1n) is 7.53. The van der Waals surface area contributed by atoms with Crippen LogP contribution in [0.15, 0.2) is 29.1 Å². The Morgan fingerprint density at radius 3 is 2.52 bits per heavy atom. The summed E-state index contributed by atoms with van der Waals surface area (Å²) in [5.41, 5.74) is -0.440. The molecule has 0 saturated heterocycles. The van der Waals surface area contributed by atoms with Crippen LogP contribution in [-0.2, 0) is 23.5 Å². The quantitative estimate of drug-likeness (QED) is 0.670. The maximum absolute atomic E-state index is 14.2. The standard InChI is InChI=1S/C16H15F2IN2O3S/c1-21-15(6-9-2-3-10(19)7-12(9)17)14(8-13(18)16(21)22)20-25(23,24)11-4-5-11/h2-3,7-8,11,20H,4-6H2,1H3. The fraction of sp³-hybridized carbons (Fsp3) is 0.312. The number of nitrogens with one attached hydrogen (secondary N) is 1. The van der Waals surface area contributed by atoms with Crippen molar-refractivity contribution < 1.29 is 17.2 Å². The van der Waals surface area contributed by atoms with Gasteiger partial charge >= 0.3 is 0 Å². The molecular weight excluding hydrogens is 465 g/mol. The van der Waals surface area contributed by atoms with Crippen LogP contribution in [0.1, 0.15) is 24.1 Å². The molecule has 5 nitrogen and oxygen atoms in total. The van der Waals surface area contributed by atoms with E-state index >= 15 is 0 Å². The minimum absolute atomic E-state index is 0.0375.